The van der Waals surface area contributed by atoms with Gasteiger partial charge in [0.2, 0.25) is 0 Å². The number of hydrogen-bond donors (Lipinski definition) is 2. The standard InChI is InChI=1S/C15H19NO3/c1-9(2)5-13(15(18)19)16-14(17)12-7-10(3)6-11(4)8-12/h6-8,13H,1,5H2,2-4H3,(H,16,17)(H,18,19)/t13-/m1/s1. The van der Waals surface area contributed by atoms with Crippen LogP contribution in [0.2, 0.25) is 0 Å². The van der Waals surface area contributed by atoms with Crippen LogP contribution in [0.25, 0.3) is 0 Å². The van der Waals surface area contributed by atoms with Gasteiger partial charge in [-0.2, -0.15) is 0 Å². The Bertz CT molecular complexity index is 500. The first-order valence-corrected chi connectivity index (χ1v) is 6.06. The molecule has 1 atom stereocenters. The Labute approximate surface area is 113 Å². The van der Waals surface area contributed by atoms with Gasteiger partial charge in [-0.25, -0.2) is 4.79 Å². The van der Waals surface area contributed by atoms with E-state index in [-0.39, 0.29) is 12.3 Å². The van der Waals surface area contributed by atoms with Crippen LogP contribution in [0.1, 0.15) is 34.8 Å². The predicted octanol–water partition coefficient (Wildman–Crippen LogP) is 2.45. The monoisotopic (exact) mass is 261 g/mol. The molecule has 0 unspecified atom stereocenters. The number of aliphatic carboxylic acids is 1. The summed E-state index contributed by atoms with van der Waals surface area (Å²) in [5, 5.41) is 11.6. The Kier molecular flexibility index (Phi) is 4.87. The van der Waals surface area contributed by atoms with Crippen molar-refractivity contribution in [2.45, 2.75) is 33.2 Å². The second-order valence-electron chi connectivity index (χ2n) is 4.90. The summed E-state index contributed by atoms with van der Waals surface area (Å²) in [5.74, 6) is -1.43. The SMILES string of the molecule is C=C(C)C[C@@H](NC(=O)c1cc(C)cc(C)c1)C(=O)O. The van der Waals surface area contributed by atoms with E-state index in [1.54, 1.807) is 19.1 Å². The summed E-state index contributed by atoms with van der Waals surface area (Å²) in [6, 6.07) is 4.49. The second kappa shape index (κ2) is 6.18. The maximum Gasteiger partial charge on any atom is 0.326 e. The number of benzene rings is 1. The molecule has 4 heteroatoms. The summed E-state index contributed by atoms with van der Waals surface area (Å²) >= 11 is 0. The van der Waals surface area contributed by atoms with E-state index in [1.165, 1.54) is 0 Å². The lowest BCUT2D eigenvalue weighted by atomic mass is 10.1. The Morgan fingerprint density at radius 3 is 2.21 bits per heavy atom. The summed E-state index contributed by atoms with van der Waals surface area (Å²) in [4.78, 5) is 23.1. The van der Waals surface area contributed by atoms with Crippen LogP contribution in [0, 0.1) is 13.8 Å². The zero-order valence-corrected chi connectivity index (χ0v) is 11.5. The molecule has 19 heavy (non-hydrogen) atoms. The van der Waals surface area contributed by atoms with Crippen LogP contribution in [-0.4, -0.2) is 23.0 Å². The van der Waals surface area contributed by atoms with Gasteiger partial charge in [0.1, 0.15) is 6.04 Å². The molecule has 0 bridgehead atoms. The van der Waals surface area contributed by atoms with Crippen LogP contribution in [0.5, 0.6) is 0 Å². The fourth-order valence-electron chi connectivity index (χ4n) is 1.90. The lowest BCUT2D eigenvalue weighted by molar-refractivity contribution is -0.139. The maximum absolute atomic E-state index is 12.0. The molecular weight excluding hydrogens is 242 g/mol. The van der Waals surface area contributed by atoms with E-state index in [2.05, 4.69) is 11.9 Å². The largest absolute Gasteiger partial charge is 0.480 e. The number of carboxylic acid groups (broad SMARTS) is 1. The lowest BCUT2D eigenvalue weighted by Crippen LogP contribution is -2.40. The molecule has 0 spiro atoms. The predicted molar refractivity (Wildman–Crippen MR) is 74.2 cm³/mol. The summed E-state index contributed by atoms with van der Waals surface area (Å²) < 4.78 is 0. The number of hydrogen-bond acceptors (Lipinski definition) is 2. The molecule has 1 aromatic rings. The molecule has 0 saturated carbocycles. The molecular formula is C15H19NO3. The first-order valence-electron chi connectivity index (χ1n) is 6.06. The number of aryl methyl sites for hydroxylation is 2. The summed E-state index contributed by atoms with van der Waals surface area (Å²) in [7, 11) is 0. The van der Waals surface area contributed by atoms with Gasteiger partial charge in [0.05, 0.1) is 0 Å². The molecule has 102 valence electrons. The van der Waals surface area contributed by atoms with Crippen molar-refractivity contribution in [2.75, 3.05) is 0 Å². The number of nitrogens with one attached hydrogen (secondary N) is 1. The number of carboxylic acids is 1. The molecule has 0 aliphatic heterocycles. The van der Waals surface area contributed by atoms with E-state index in [0.29, 0.717) is 11.1 Å². The van der Waals surface area contributed by atoms with Crippen molar-refractivity contribution in [1.82, 2.24) is 5.32 Å². The molecule has 1 amide bonds. The Morgan fingerprint density at radius 2 is 1.79 bits per heavy atom. The van der Waals surface area contributed by atoms with Crippen LogP contribution in [0.4, 0.5) is 0 Å². The van der Waals surface area contributed by atoms with Crippen molar-refractivity contribution >= 4 is 11.9 Å². The van der Waals surface area contributed by atoms with E-state index in [0.717, 1.165) is 11.1 Å². The zero-order valence-electron chi connectivity index (χ0n) is 11.5. The minimum absolute atomic E-state index is 0.228. The second-order valence-corrected chi connectivity index (χ2v) is 4.90. The van der Waals surface area contributed by atoms with Crippen LogP contribution in [0.3, 0.4) is 0 Å². The smallest absolute Gasteiger partial charge is 0.326 e. The highest BCUT2D eigenvalue weighted by molar-refractivity contribution is 5.97. The number of carbonyl (C=O) groups excluding carboxylic acids is 1. The van der Waals surface area contributed by atoms with Crippen molar-refractivity contribution in [1.29, 1.82) is 0 Å². The minimum Gasteiger partial charge on any atom is -0.480 e. The van der Waals surface area contributed by atoms with E-state index in [1.807, 2.05) is 19.9 Å². The van der Waals surface area contributed by atoms with Gasteiger partial charge >= 0.3 is 5.97 Å². The molecule has 1 aromatic carbocycles. The minimum atomic E-state index is -1.05. The number of rotatable bonds is 5. The maximum atomic E-state index is 12.0. The number of amides is 1. The van der Waals surface area contributed by atoms with Gasteiger partial charge < -0.3 is 10.4 Å². The molecule has 2 N–H and O–H groups in total. The molecule has 0 aliphatic rings. The van der Waals surface area contributed by atoms with Gasteiger partial charge in [-0.15, -0.1) is 6.58 Å². The third kappa shape index (κ3) is 4.58. The molecule has 0 fully saturated rings. The van der Waals surface area contributed by atoms with Crippen LogP contribution in [0.15, 0.2) is 30.4 Å². The highest BCUT2D eigenvalue weighted by Gasteiger charge is 2.20. The fraction of sp³-hybridized carbons (Fsp3) is 0.333. The van der Waals surface area contributed by atoms with E-state index < -0.39 is 12.0 Å². The topological polar surface area (TPSA) is 66.4 Å². The first-order chi connectivity index (χ1) is 8.79. The first kappa shape index (κ1) is 15.0. The average Bonchev–Trinajstić information content (AvgIpc) is 2.25. The highest BCUT2D eigenvalue weighted by Crippen LogP contribution is 2.10. The van der Waals surface area contributed by atoms with Crippen molar-refractivity contribution in [2.24, 2.45) is 0 Å². The van der Waals surface area contributed by atoms with Gasteiger partial charge in [-0.1, -0.05) is 22.8 Å². The Morgan fingerprint density at radius 1 is 1.26 bits per heavy atom. The van der Waals surface area contributed by atoms with Gasteiger partial charge in [0, 0.05) is 5.56 Å². The normalized spacial score (nSPS) is 11.7. The highest BCUT2D eigenvalue weighted by atomic mass is 16.4. The molecule has 0 radical (unpaired) electrons. The molecule has 0 aromatic heterocycles. The van der Waals surface area contributed by atoms with Crippen LogP contribution < -0.4 is 5.32 Å². The van der Waals surface area contributed by atoms with Crippen molar-refractivity contribution in [3.05, 3.63) is 47.0 Å². The van der Waals surface area contributed by atoms with Gasteiger partial charge in [0.25, 0.3) is 5.91 Å². The fourth-order valence-corrected chi connectivity index (χ4v) is 1.90. The van der Waals surface area contributed by atoms with E-state index in [4.69, 9.17) is 5.11 Å². The summed E-state index contributed by atoms with van der Waals surface area (Å²) in [6.45, 7) is 9.20. The van der Waals surface area contributed by atoms with Crippen LogP contribution >= 0.6 is 0 Å². The Balaban J connectivity index is 2.87. The lowest BCUT2D eigenvalue weighted by Gasteiger charge is -2.15. The zero-order chi connectivity index (χ0) is 14.6. The molecule has 1 rings (SSSR count). The van der Waals surface area contributed by atoms with Crippen molar-refractivity contribution < 1.29 is 14.7 Å². The Hall–Kier alpha value is -2.10. The third-order valence-electron chi connectivity index (χ3n) is 2.64. The summed E-state index contributed by atoms with van der Waals surface area (Å²) in [5.41, 5.74) is 3.13. The molecule has 0 saturated heterocycles. The van der Waals surface area contributed by atoms with Gasteiger partial charge in [-0.05, 0) is 39.3 Å². The van der Waals surface area contributed by atoms with Gasteiger partial charge in [-0.3, -0.25) is 4.79 Å². The van der Waals surface area contributed by atoms with Crippen molar-refractivity contribution in [3.8, 4) is 0 Å². The number of carbonyl (C=O) groups is 2. The third-order valence-corrected chi connectivity index (χ3v) is 2.64. The van der Waals surface area contributed by atoms with E-state index >= 15 is 0 Å². The molecule has 0 aliphatic carbocycles. The quantitative estimate of drug-likeness (QED) is 0.800. The molecule has 4 nitrogen and oxygen atoms in total. The molecule has 0 heterocycles. The average molecular weight is 261 g/mol. The van der Waals surface area contributed by atoms with E-state index in [9.17, 15) is 9.59 Å². The van der Waals surface area contributed by atoms with Crippen LogP contribution in [-0.2, 0) is 4.79 Å². The van der Waals surface area contributed by atoms with Crippen molar-refractivity contribution in [3.63, 3.8) is 0 Å². The van der Waals surface area contributed by atoms with Gasteiger partial charge in [0.15, 0.2) is 0 Å². The summed E-state index contributed by atoms with van der Waals surface area (Å²) in [6.07, 6.45) is 0.228.